The summed E-state index contributed by atoms with van der Waals surface area (Å²) in [6.07, 6.45) is 5.11. The van der Waals surface area contributed by atoms with Gasteiger partial charge in [0.05, 0.1) is 0 Å². The summed E-state index contributed by atoms with van der Waals surface area (Å²) >= 11 is 0. The van der Waals surface area contributed by atoms with E-state index in [9.17, 15) is 19.2 Å². The van der Waals surface area contributed by atoms with Crippen molar-refractivity contribution in [1.29, 1.82) is 0 Å². The van der Waals surface area contributed by atoms with E-state index in [1.165, 1.54) is 0 Å². The van der Waals surface area contributed by atoms with Gasteiger partial charge in [-0.3, -0.25) is 24.2 Å². The lowest BCUT2D eigenvalue weighted by Crippen LogP contribution is -2.43. The maximum absolute atomic E-state index is 12.7. The van der Waals surface area contributed by atoms with Crippen LogP contribution in [0.25, 0.3) is 0 Å². The zero-order valence-corrected chi connectivity index (χ0v) is 15.4. The summed E-state index contributed by atoms with van der Waals surface area (Å²) in [5.41, 5.74) is 1.04. The number of aromatic nitrogens is 1. The third-order valence-electron chi connectivity index (χ3n) is 4.93. The second kappa shape index (κ2) is 9.36. The maximum Gasteiger partial charge on any atom is 0.287 e. The SMILES string of the molecule is CC(C)C(CC(=O)CCc1ccncc1)C(=O)CC1CCNC(=O)C1=O. The molecule has 0 radical (unpaired) electrons. The molecular weight excluding hydrogens is 332 g/mol. The number of ketones is 3. The van der Waals surface area contributed by atoms with Gasteiger partial charge >= 0.3 is 0 Å². The van der Waals surface area contributed by atoms with Crippen LogP contribution in [0.3, 0.4) is 0 Å². The molecule has 2 heterocycles. The van der Waals surface area contributed by atoms with Crippen LogP contribution in [0, 0.1) is 17.8 Å². The Balaban J connectivity index is 1.90. The minimum atomic E-state index is -0.608. The van der Waals surface area contributed by atoms with E-state index in [1.54, 1.807) is 12.4 Å². The number of aryl methyl sites for hydroxylation is 1. The Morgan fingerprint density at radius 1 is 1.23 bits per heavy atom. The van der Waals surface area contributed by atoms with E-state index >= 15 is 0 Å². The average Bonchev–Trinajstić information content (AvgIpc) is 2.62. The molecule has 6 nitrogen and oxygen atoms in total. The number of rotatable bonds is 9. The molecule has 6 heteroatoms. The molecule has 26 heavy (non-hydrogen) atoms. The van der Waals surface area contributed by atoms with E-state index < -0.39 is 23.5 Å². The second-order valence-electron chi connectivity index (χ2n) is 7.22. The molecule has 1 aromatic rings. The summed E-state index contributed by atoms with van der Waals surface area (Å²) in [7, 11) is 0. The fourth-order valence-corrected chi connectivity index (χ4v) is 3.25. The van der Waals surface area contributed by atoms with Gasteiger partial charge in [-0.2, -0.15) is 0 Å². The molecule has 1 aliphatic rings. The Labute approximate surface area is 153 Å². The zero-order valence-electron chi connectivity index (χ0n) is 15.4. The van der Waals surface area contributed by atoms with Crippen molar-refractivity contribution in [2.45, 2.75) is 46.0 Å². The van der Waals surface area contributed by atoms with Gasteiger partial charge in [-0.25, -0.2) is 0 Å². The standard InChI is InChI=1S/C20H26N2O4/c1-13(2)17(12-16(23)4-3-14-5-8-21-9-6-14)18(24)11-15-7-10-22-20(26)19(15)25/h5-6,8-9,13,15,17H,3-4,7,10-12H2,1-2H3,(H,22,26). The number of hydrogen-bond donors (Lipinski definition) is 1. The summed E-state index contributed by atoms with van der Waals surface area (Å²) in [4.78, 5) is 52.3. The number of nitrogens with zero attached hydrogens (tertiary/aromatic N) is 1. The van der Waals surface area contributed by atoms with E-state index in [2.05, 4.69) is 10.3 Å². The van der Waals surface area contributed by atoms with Crippen LogP contribution in [0.5, 0.6) is 0 Å². The highest BCUT2D eigenvalue weighted by Gasteiger charge is 2.34. The normalized spacial score (nSPS) is 18.5. The predicted molar refractivity (Wildman–Crippen MR) is 96.3 cm³/mol. The Kier molecular flexibility index (Phi) is 7.18. The van der Waals surface area contributed by atoms with Crippen LogP contribution in [-0.2, 0) is 25.6 Å². The van der Waals surface area contributed by atoms with E-state index in [0.29, 0.717) is 25.8 Å². The number of hydrogen-bond acceptors (Lipinski definition) is 5. The lowest BCUT2D eigenvalue weighted by molar-refractivity contribution is -0.143. The van der Waals surface area contributed by atoms with Crippen LogP contribution in [0.4, 0.5) is 0 Å². The minimum absolute atomic E-state index is 0.0138. The molecule has 1 aromatic heterocycles. The van der Waals surface area contributed by atoms with Crippen molar-refractivity contribution < 1.29 is 19.2 Å². The van der Waals surface area contributed by atoms with Gasteiger partial charge in [0.15, 0.2) is 0 Å². The number of piperidine rings is 1. The summed E-state index contributed by atoms with van der Waals surface area (Å²) in [5.74, 6) is -2.12. The van der Waals surface area contributed by atoms with Gasteiger partial charge in [-0.15, -0.1) is 0 Å². The predicted octanol–water partition coefficient (Wildman–Crippen LogP) is 1.91. The van der Waals surface area contributed by atoms with Gasteiger partial charge in [0.25, 0.3) is 5.91 Å². The van der Waals surface area contributed by atoms with E-state index in [1.807, 2.05) is 26.0 Å². The van der Waals surface area contributed by atoms with E-state index in [4.69, 9.17) is 0 Å². The van der Waals surface area contributed by atoms with E-state index in [0.717, 1.165) is 5.56 Å². The molecule has 0 bridgehead atoms. The number of Topliss-reactive ketones (excluding diaryl/α,β-unsaturated/α-hetero) is 3. The molecule has 1 fully saturated rings. The van der Waals surface area contributed by atoms with Crippen LogP contribution in [0.2, 0.25) is 0 Å². The monoisotopic (exact) mass is 358 g/mol. The highest BCUT2D eigenvalue weighted by molar-refractivity contribution is 6.37. The molecule has 0 spiro atoms. The smallest absolute Gasteiger partial charge is 0.287 e. The number of pyridine rings is 1. The van der Waals surface area contributed by atoms with Gasteiger partial charge in [-0.05, 0) is 36.5 Å². The van der Waals surface area contributed by atoms with E-state index in [-0.39, 0.29) is 30.3 Å². The Morgan fingerprint density at radius 3 is 2.58 bits per heavy atom. The zero-order chi connectivity index (χ0) is 19.1. The first-order valence-electron chi connectivity index (χ1n) is 9.13. The molecule has 2 unspecified atom stereocenters. The highest BCUT2D eigenvalue weighted by atomic mass is 16.2. The topological polar surface area (TPSA) is 93.2 Å². The van der Waals surface area contributed by atoms with Crippen LogP contribution in [-0.4, -0.2) is 34.8 Å². The molecule has 2 atom stereocenters. The van der Waals surface area contributed by atoms with Gasteiger partial charge < -0.3 is 5.32 Å². The van der Waals surface area contributed by atoms with Crippen molar-refractivity contribution in [2.24, 2.45) is 17.8 Å². The molecule has 2 rings (SSSR count). The van der Waals surface area contributed by atoms with Crippen molar-refractivity contribution >= 4 is 23.3 Å². The highest BCUT2D eigenvalue weighted by Crippen LogP contribution is 2.24. The molecule has 0 aromatic carbocycles. The first-order valence-corrected chi connectivity index (χ1v) is 9.13. The summed E-state index contributed by atoms with van der Waals surface area (Å²) < 4.78 is 0. The number of carbonyl (C=O) groups is 4. The number of nitrogens with one attached hydrogen (secondary N) is 1. The molecule has 140 valence electrons. The van der Waals surface area contributed by atoms with Crippen LogP contribution in [0.15, 0.2) is 24.5 Å². The van der Waals surface area contributed by atoms with Crippen molar-refractivity contribution in [3.8, 4) is 0 Å². The number of amides is 1. The van der Waals surface area contributed by atoms with Crippen molar-refractivity contribution in [2.75, 3.05) is 6.54 Å². The first kappa shape index (κ1) is 19.9. The third kappa shape index (κ3) is 5.58. The average molecular weight is 358 g/mol. The lowest BCUT2D eigenvalue weighted by atomic mass is 9.80. The Bertz CT molecular complexity index is 670. The largest absolute Gasteiger partial charge is 0.349 e. The molecule has 1 saturated heterocycles. The summed E-state index contributed by atoms with van der Waals surface area (Å²) in [5, 5.41) is 2.49. The van der Waals surface area contributed by atoms with Gasteiger partial charge in [0.1, 0.15) is 11.6 Å². The quantitative estimate of drug-likeness (QED) is 0.681. The number of carbonyl (C=O) groups excluding carboxylic acids is 4. The summed E-state index contributed by atoms with van der Waals surface area (Å²) in [6.45, 7) is 4.24. The third-order valence-corrected chi connectivity index (χ3v) is 4.93. The van der Waals surface area contributed by atoms with Crippen LogP contribution < -0.4 is 5.32 Å². The Hall–Kier alpha value is -2.37. The van der Waals surface area contributed by atoms with Crippen molar-refractivity contribution in [1.82, 2.24) is 10.3 Å². The first-order chi connectivity index (χ1) is 12.4. The molecule has 1 amide bonds. The fourth-order valence-electron chi connectivity index (χ4n) is 3.25. The molecule has 0 aliphatic carbocycles. The Morgan fingerprint density at radius 2 is 1.92 bits per heavy atom. The van der Waals surface area contributed by atoms with Crippen molar-refractivity contribution in [3.05, 3.63) is 30.1 Å². The molecule has 1 N–H and O–H groups in total. The van der Waals surface area contributed by atoms with Crippen molar-refractivity contribution in [3.63, 3.8) is 0 Å². The van der Waals surface area contributed by atoms with Gasteiger partial charge in [0.2, 0.25) is 5.78 Å². The van der Waals surface area contributed by atoms with Gasteiger partial charge in [0, 0.05) is 50.0 Å². The molecular formula is C20H26N2O4. The van der Waals surface area contributed by atoms with Crippen LogP contribution >= 0.6 is 0 Å². The molecule has 0 saturated carbocycles. The van der Waals surface area contributed by atoms with Crippen LogP contribution in [0.1, 0.15) is 45.1 Å². The maximum atomic E-state index is 12.7. The summed E-state index contributed by atoms with van der Waals surface area (Å²) in [6, 6.07) is 3.75. The van der Waals surface area contributed by atoms with Gasteiger partial charge in [-0.1, -0.05) is 13.8 Å². The lowest BCUT2D eigenvalue weighted by Gasteiger charge is -2.24. The second-order valence-corrected chi connectivity index (χ2v) is 7.22. The molecule has 1 aliphatic heterocycles. The minimum Gasteiger partial charge on any atom is -0.349 e. The fraction of sp³-hybridized carbons (Fsp3) is 0.550.